The van der Waals surface area contributed by atoms with Crippen LogP contribution in [0.15, 0.2) is 34.2 Å². The van der Waals surface area contributed by atoms with Gasteiger partial charge in [-0.25, -0.2) is 22.6 Å². The topological polar surface area (TPSA) is 160 Å². The first-order chi connectivity index (χ1) is 20.9. The van der Waals surface area contributed by atoms with Crippen molar-refractivity contribution in [3.8, 4) is 17.1 Å². The van der Waals surface area contributed by atoms with Crippen molar-refractivity contribution in [2.45, 2.75) is 51.0 Å². The molecule has 5 rings (SSSR count). The molecule has 43 heavy (non-hydrogen) atoms. The summed E-state index contributed by atoms with van der Waals surface area (Å²) in [6, 6.07) is 4.83. The quantitative estimate of drug-likeness (QED) is 0.188. The average molecular weight is 617 g/mol. The molecule has 234 valence electrons. The smallest absolute Gasteiger partial charge is 0.336 e. The lowest BCUT2D eigenvalue weighted by molar-refractivity contribution is 0.0661. The molecule has 2 N–H and O–H groups in total. The van der Waals surface area contributed by atoms with E-state index in [4.69, 9.17) is 19.6 Å². The summed E-state index contributed by atoms with van der Waals surface area (Å²) in [5.74, 6) is 0.871. The Kier molecular flexibility index (Phi) is 10.1. The molecule has 1 aromatic carbocycles. The van der Waals surface area contributed by atoms with Gasteiger partial charge in [-0.05, 0) is 31.0 Å². The SMILES string of the molecule is CCCCCn1c(=O)n2cnnc2c2[nH]c(-c3cc(S(=O)(=O)N4CCN(CCOCCO)CC4)ccc3OCCC)nc21. The molecular formula is C28H40N8O6S. The number of nitrogens with one attached hydrogen (secondary N) is 1. The maximum absolute atomic E-state index is 13.8. The van der Waals surface area contributed by atoms with E-state index in [-0.39, 0.29) is 17.2 Å². The second kappa shape index (κ2) is 13.9. The van der Waals surface area contributed by atoms with E-state index >= 15 is 0 Å². The van der Waals surface area contributed by atoms with E-state index < -0.39 is 10.0 Å². The zero-order chi connectivity index (χ0) is 30.4. The van der Waals surface area contributed by atoms with E-state index in [9.17, 15) is 13.2 Å². The van der Waals surface area contributed by atoms with Gasteiger partial charge in [-0.3, -0.25) is 9.47 Å². The van der Waals surface area contributed by atoms with Crippen molar-refractivity contribution in [2.75, 3.05) is 59.2 Å². The molecule has 0 atom stereocenters. The summed E-state index contributed by atoms with van der Waals surface area (Å²) in [5, 5.41) is 17.0. The fourth-order valence-corrected chi connectivity index (χ4v) is 6.67. The molecule has 1 fully saturated rings. The van der Waals surface area contributed by atoms with E-state index in [2.05, 4.69) is 27.0 Å². The van der Waals surface area contributed by atoms with Crippen LogP contribution in [0.1, 0.15) is 39.5 Å². The van der Waals surface area contributed by atoms with Crippen LogP contribution in [-0.2, 0) is 21.3 Å². The van der Waals surface area contributed by atoms with Gasteiger partial charge in [0.15, 0.2) is 11.3 Å². The normalized spacial score (nSPS) is 15.1. The van der Waals surface area contributed by atoms with Gasteiger partial charge in [0.2, 0.25) is 10.0 Å². The molecule has 0 amide bonds. The number of imidazole rings is 1. The van der Waals surface area contributed by atoms with Crippen LogP contribution in [0.5, 0.6) is 5.75 Å². The first-order valence-electron chi connectivity index (χ1n) is 14.9. The summed E-state index contributed by atoms with van der Waals surface area (Å²) < 4.78 is 43.4. The van der Waals surface area contributed by atoms with Crippen molar-refractivity contribution in [1.29, 1.82) is 0 Å². The minimum absolute atomic E-state index is 0.0200. The molecule has 0 bridgehead atoms. The van der Waals surface area contributed by atoms with Gasteiger partial charge in [-0.15, -0.1) is 10.2 Å². The van der Waals surface area contributed by atoms with Gasteiger partial charge in [0.1, 0.15) is 23.4 Å². The third kappa shape index (κ3) is 6.60. The fraction of sp³-hybridized carbons (Fsp3) is 0.571. The highest BCUT2D eigenvalue weighted by Gasteiger charge is 2.30. The Balaban J connectivity index is 1.49. The Morgan fingerprint density at radius 1 is 1.00 bits per heavy atom. The Bertz CT molecular complexity index is 1690. The van der Waals surface area contributed by atoms with E-state index in [1.165, 1.54) is 15.0 Å². The Morgan fingerprint density at radius 3 is 2.56 bits per heavy atom. The fourth-order valence-electron chi connectivity index (χ4n) is 5.23. The van der Waals surface area contributed by atoms with Gasteiger partial charge in [0.25, 0.3) is 0 Å². The number of unbranched alkanes of at least 4 members (excludes halogenated alkanes) is 2. The first-order valence-corrected chi connectivity index (χ1v) is 16.3. The van der Waals surface area contributed by atoms with E-state index in [0.29, 0.717) is 93.0 Å². The van der Waals surface area contributed by atoms with Crippen LogP contribution in [0.4, 0.5) is 0 Å². The summed E-state index contributed by atoms with van der Waals surface area (Å²) in [6.07, 6.45) is 4.94. The molecular weight excluding hydrogens is 576 g/mol. The van der Waals surface area contributed by atoms with Crippen molar-refractivity contribution in [3.05, 3.63) is 35.0 Å². The molecule has 0 saturated carbocycles. The lowest BCUT2D eigenvalue weighted by Crippen LogP contribution is -2.49. The number of aryl methyl sites for hydroxylation is 1. The van der Waals surface area contributed by atoms with E-state index in [1.54, 1.807) is 22.8 Å². The Hall–Kier alpha value is -3.37. The monoisotopic (exact) mass is 616 g/mol. The van der Waals surface area contributed by atoms with Gasteiger partial charge >= 0.3 is 5.69 Å². The number of aromatic amines is 1. The zero-order valence-corrected chi connectivity index (χ0v) is 25.6. The van der Waals surface area contributed by atoms with Crippen LogP contribution in [-0.4, -0.2) is 111 Å². The highest BCUT2D eigenvalue weighted by Crippen LogP contribution is 2.33. The molecule has 0 aliphatic carbocycles. The highest BCUT2D eigenvalue weighted by atomic mass is 32.2. The number of ether oxygens (including phenoxy) is 2. The number of hydrogen-bond donors (Lipinski definition) is 2. The minimum Gasteiger partial charge on any atom is -0.493 e. The third-order valence-corrected chi connectivity index (χ3v) is 9.45. The summed E-state index contributed by atoms with van der Waals surface area (Å²) in [5.41, 5.74) is 1.53. The number of aliphatic hydroxyl groups is 1. The summed E-state index contributed by atoms with van der Waals surface area (Å²) >= 11 is 0. The molecule has 0 radical (unpaired) electrons. The number of piperazine rings is 1. The van der Waals surface area contributed by atoms with E-state index in [0.717, 1.165) is 25.7 Å². The molecule has 4 aromatic rings. The molecule has 1 saturated heterocycles. The zero-order valence-electron chi connectivity index (χ0n) is 24.7. The molecule has 0 spiro atoms. The maximum atomic E-state index is 13.8. The van der Waals surface area contributed by atoms with Crippen LogP contribution in [0.2, 0.25) is 0 Å². The van der Waals surface area contributed by atoms with Crippen LogP contribution in [0.25, 0.3) is 28.2 Å². The van der Waals surface area contributed by atoms with Crippen LogP contribution in [0.3, 0.4) is 0 Å². The summed E-state index contributed by atoms with van der Waals surface area (Å²) in [6.45, 7) is 8.33. The lowest BCUT2D eigenvalue weighted by atomic mass is 10.2. The predicted molar refractivity (Wildman–Crippen MR) is 161 cm³/mol. The number of sulfonamides is 1. The molecule has 3 aromatic heterocycles. The van der Waals surface area contributed by atoms with Crippen LogP contribution >= 0.6 is 0 Å². The molecule has 4 heterocycles. The Labute approximate surface area is 250 Å². The first kappa shape index (κ1) is 31.1. The number of rotatable bonds is 15. The molecule has 14 nitrogen and oxygen atoms in total. The number of hydrogen-bond acceptors (Lipinski definition) is 10. The Morgan fingerprint density at radius 2 is 1.81 bits per heavy atom. The predicted octanol–water partition coefficient (Wildman–Crippen LogP) is 1.73. The maximum Gasteiger partial charge on any atom is 0.336 e. The number of H-pyrrole nitrogens is 1. The minimum atomic E-state index is -3.80. The lowest BCUT2D eigenvalue weighted by Gasteiger charge is -2.33. The van der Waals surface area contributed by atoms with E-state index in [1.807, 2.05) is 6.92 Å². The van der Waals surface area contributed by atoms with Crippen molar-refractivity contribution < 1.29 is 23.0 Å². The van der Waals surface area contributed by atoms with Gasteiger partial charge in [0, 0.05) is 39.3 Å². The number of aromatic nitrogens is 6. The van der Waals surface area contributed by atoms with Crippen molar-refractivity contribution >= 4 is 26.8 Å². The van der Waals surface area contributed by atoms with Crippen LogP contribution in [0, 0.1) is 0 Å². The standard InChI is InChI=1S/C28H40N8O6S/c1-3-5-6-9-35-26-24(27-32-29-20-36(27)28(35)38)30-25(31-26)22-19-21(7-8-23(22)42-16-4-2)43(39,40)34-12-10-33(11-13-34)14-17-41-18-15-37/h7-8,19-20,37H,3-6,9-18H2,1-2H3,(H,30,31). The molecule has 0 unspecified atom stereocenters. The van der Waals surface area contributed by atoms with Crippen molar-refractivity contribution in [2.24, 2.45) is 0 Å². The molecule has 1 aliphatic heterocycles. The van der Waals surface area contributed by atoms with Crippen molar-refractivity contribution in [1.82, 2.24) is 38.3 Å². The second-order valence-corrected chi connectivity index (χ2v) is 12.5. The van der Waals surface area contributed by atoms with Crippen molar-refractivity contribution in [3.63, 3.8) is 0 Å². The van der Waals surface area contributed by atoms with Gasteiger partial charge < -0.3 is 19.6 Å². The van der Waals surface area contributed by atoms with Gasteiger partial charge in [-0.2, -0.15) is 4.31 Å². The number of fused-ring (bicyclic) bond motifs is 3. The summed E-state index contributed by atoms with van der Waals surface area (Å²) in [4.78, 5) is 23.7. The number of aliphatic hydroxyl groups excluding tert-OH is 1. The number of nitrogens with zero attached hydrogens (tertiary/aromatic N) is 7. The second-order valence-electron chi connectivity index (χ2n) is 10.5. The largest absolute Gasteiger partial charge is 0.493 e. The average Bonchev–Trinajstić information content (AvgIpc) is 3.68. The molecule has 15 heteroatoms. The third-order valence-electron chi connectivity index (χ3n) is 7.56. The molecule has 1 aliphatic rings. The summed E-state index contributed by atoms with van der Waals surface area (Å²) in [7, 11) is -3.80. The van der Waals surface area contributed by atoms with Gasteiger partial charge in [-0.1, -0.05) is 26.7 Å². The van der Waals surface area contributed by atoms with Gasteiger partial charge in [0.05, 0.1) is 36.9 Å². The van der Waals surface area contributed by atoms with Crippen LogP contribution < -0.4 is 10.4 Å². The number of benzene rings is 1. The highest BCUT2D eigenvalue weighted by molar-refractivity contribution is 7.89.